The zero-order valence-electron chi connectivity index (χ0n) is 30.6. The van der Waals surface area contributed by atoms with Crippen molar-refractivity contribution in [2.24, 2.45) is 5.92 Å². The maximum absolute atomic E-state index is 14.6. The molecular weight excluding hydrogens is 706 g/mol. The van der Waals surface area contributed by atoms with Gasteiger partial charge >= 0.3 is 6.09 Å². The quantitative estimate of drug-likeness (QED) is 0.385. The number of carbonyl (C=O) groups excluding carboxylic acids is 4. The van der Waals surface area contributed by atoms with E-state index in [1.165, 1.54) is 17.2 Å². The smallest absolute Gasteiger partial charge is 0.408 e. The van der Waals surface area contributed by atoms with Crippen molar-refractivity contribution in [3.05, 3.63) is 47.9 Å². The molecular formula is C38H48FN5O8S. The van der Waals surface area contributed by atoms with Gasteiger partial charge in [0.05, 0.1) is 17.5 Å². The van der Waals surface area contributed by atoms with Gasteiger partial charge in [-0.05, 0) is 85.1 Å². The minimum Gasteiger partial charge on any atom is -0.483 e. The van der Waals surface area contributed by atoms with Crippen LogP contribution in [0.5, 0.6) is 5.75 Å². The average molecular weight is 754 g/mol. The van der Waals surface area contributed by atoms with Crippen molar-refractivity contribution in [3.8, 4) is 5.75 Å². The number of pyridine rings is 1. The van der Waals surface area contributed by atoms with Crippen LogP contribution in [0.1, 0.15) is 97.5 Å². The number of amides is 4. The largest absolute Gasteiger partial charge is 0.483 e. The predicted octanol–water partition coefficient (Wildman–Crippen LogP) is 4.33. The van der Waals surface area contributed by atoms with Gasteiger partial charge in [0.25, 0.3) is 5.91 Å². The molecule has 2 aliphatic carbocycles. The molecule has 3 aliphatic heterocycles. The lowest BCUT2D eigenvalue weighted by Gasteiger charge is -2.36. The number of nitrogens with one attached hydrogen (secondary N) is 3. The van der Waals surface area contributed by atoms with Crippen LogP contribution in [0, 0.1) is 11.7 Å². The molecule has 3 N–H and O–H groups in total. The Morgan fingerprint density at radius 1 is 1.11 bits per heavy atom. The van der Waals surface area contributed by atoms with Gasteiger partial charge in [-0.2, -0.15) is 0 Å². The molecule has 5 atom stereocenters. The van der Waals surface area contributed by atoms with Crippen molar-refractivity contribution in [1.82, 2.24) is 25.2 Å². The fraction of sp³-hybridized carbons (Fsp3) is 0.605. The lowest BCUT2D eigenvalue weighted by molar-refractivity contribution is -0.141. The van der Waals surface area contributed by atoms with Crippen LogP contribution in [0.25, 0.3) is 10.9 Å². The summed E-state index contributed by atoms with van der Waals surface area (Å²) in [6, 6.07) is 2.59. The highest BCUT2D eigenvalue weighted by Crippen LogP contribution is 2.48. The molecule has 1 spiro atoms. The van der Waals surface area contributed by atoms with Crippen molar-refractivity contribution < 1.29 is 41.5 Å². The van der Waals surface area contributed by atoms with Gasteiger partial charge in [0, 0.05) is 23.3 Å². The van der Waals surface area contributed by atoms with Gasteiger partial charge in [-0.1, -0.05) is 37.1 Å². The average Bonchev–Trinajstić information content (AvgIpc) is 3.97. The maximum atomic E-state index is 14.6. The summed E-state index contributed by atoms with van der Waals surface area (Å²) in [5, 5.41) is 6.27. The van der Waals surface area contributed by atoms with Crippen LogP contribution in [-0.2, 0) is 35.6 Å². The van der Waals surface area contributed by atoms with Crippen molar-refractivity contribution in [1.29, 1.82) is 0 Å². The van der Waals surface area contributed by atoms with E-state index in [4.69, 9.17) is 9.47 Å². The number of benzene rings is 1. The molecule has 0 unspecified atom stereocenters. The number of carbonyl (C=O) groups is 4. The number of aryl methyl sites for hydroxylation is 1. The topological polar surface area (TPSA) is 173 Å². The first-order chi connectivity index (χ1) is 24.9. The Morgan fingerprint density at radius 2 is 1.89 bits per heavy atom. The van der Waals surface area contributed by atoms with Crippen molar-refractivity contribution >= 4 is 44.7 Å². The predicted molar refractivity (Wildman–Crippen MR) is 193 cm³/mol. The summed E-state index contributed by atoms with van der Waals surface area (Å²) < 4.78 is 54.3. The van der Waals surface area contributed by atoms with Crippen LogP contribution in [0.4, 0.5) is 9.18 Å². The Balaban J connectivity index is 1.22. The molecule has 1 saturated heterocycles. The Hall–Kier alpha value is -4.27. The number of rotatable bonds is 4. The fourth-order valence-electron chi connectivity index (χ4n) is 7.90. The first-order valence-corrected chi connectivity index (χ1v) is 20.0. The monoisotopic (exact) mass is 753 g/mol. The number of hydrogen-bond acceptors (Lipinski definition) is 9. The molecule has 4 heterocycles. The van der Waals surface area contributed by atoms with Gasteiger partial charge in [0.2, 0.25) is 21.8 Å². The first kappa shape index (κ1) is 37.1. The number of aromatic nitrogens is 1. The second-order valence-corrected chi connectivity index (χ2v) is 18.8. The van der Waals surface area contributed by atoms with E-state index in [0.717, 1.165) is 18.4 Å². The van der Waals surface area contributed by atoms with Crippen LogP contribution in [-0.4, -0.2) is 82.2 Å². The molecule has 15 heteroatoms. The summed E-state index contributed by atoms with van der Waals surface area (Å²) in [7, 11) is -4.00. The van der Waals surface area contributed by atoms with Gasteiger partial charge in [-0.3, -0.25) is 19.1 Å². The number of nitrogens with zero attached hydrogens (tertiary/aromatic N) is 2. The van der Waals surface area contributed by atoms with E-state index in [9.17, 15) is 32.0 Å². The molecule has 0 radical (unpaired) electrons. The van der Waals surface area contributed by atoms with E-state index in [0.29, 0.717) is 56.1 Å². The lowest BCUT2D eigenvalue weighted by atomic mass is 9.87. The third kappa shape index (κ3) is 7.20. The molecule has 13 nitrogen and oxygen atoms in total. The third-order valence-electron chi connectivity index (χ3n) is 11.4. The molecule has 3 fully saturated rings. The SMILES string of the molecule is CC(C)(C)OC(=O)N[C@H]1CCCCC/C=C\[C@H]2C[C@@]2(C(=O)NS(=O)(=O)C2(C)CC2)NC(=O)[C@@H]2C[C@]3(CCc4c(cnc5c(F)cccc45)O3)CN2C1=O. The van der Waals surface area contributed by atoms with Crippen LogP contribution >= 0.6 is 0 Å². The van der Waals surface area contributed by atoms with Gasteiger partial charge in [-0.15, -0.1) is 0 Å². The van der Waals surface area contributed by atoms with Crippen molar-refractivity contribution in [2.75, 3.05) is 6.54 Å². The van der Waals surface area contributed by atoms with Crippen LogP contribution in [0.15, 0.2) is 36.5 Å². The molecule has 2 aromatic rings. The molecule has 2 saturated carbocycles. The minimum atomic E-state index is -4.00. The molecule has 5 aliphatic rings. The van der Waals surface area contributed by atoms with Crippen LogP contribution in [0.2, 0.25) is 0 Å². The maximum Gasteiger partial charge on any atom is 0.408 e. The van der Waals surface area contributed by atoms with Crippen molar-refractivity contribution in [3.63, 3.8) is 0 Å². The third-order valence-corrected chi connectivity index (χ3v) is 13.5. The van der Waals surface area contributed by atoms with E-state index < -0.39 is 79.1 Å². The van der Waals surface area contributed by atoms with Crippen LogP contribution in [0.3, 0.4) is 0 Å². The summed E-state index contributed by atoms with van der Waals surface area (Å²) in [6.07, 6.45) is 9.60. The number of hydrogen-bond donors (Lipinski definition) is 3. The van der Waals surface area contributed by atoms with E-state index in [1.54, 1.807) is 39.8 Å². The number of alkyl carbamates (subject to hydrolysis) is 1. The molecule has 4 amide bonds. The summed E-state index contributed by atoms with van der Waals surface area (Å²) in [4.78, 5) is 61.7. The van der Waals surface area contributed by atoms with Gasteiger partial charge in [0.1, 0.15) is 45.9 Å². The number of sulfonamides is 1. The van der Waals surface area contributed by atoms with Crippen molar-refractivity contribution in [2.45, 2.75) is 132 Å². The molecule has 0 bridgehead atoms. The Bertz CT molecular complexity index is 1990. The Kier molecular flexibility index (Phi) is 9.26. The highest BCUT2D eigenvalue weighted by Gasteiger charge is 2.64. The van der Waals surface area contributed by atoms with Gasteiger partial charge < -0.3 is 25.0 Å². The van der Waals surface area contributed by atoms with E-state index in [2.05, 4.69) is 20.3 Å². The first-order valence-electron chi connectivity index (χ1n) is 18.6. The number of para-hydroxylation sites is 1. The normalized spacial score (nSPS) is 30.4. The number of halogens is 1. The van der Waals surface area contributed by atoms with E-state index in [1.807, 2.05) is 12.2 Å². The molecule has 53 heavy (non-hydrogen) atoms. The fourth-order valence-corrected chi connectivity index (χ4v) is 9.21. The Labute approximate surface area is 308 Å². The van der Waals surface area contributed by atoms with E-state index >= 15 is 0 Å². The summed E-state index contributed by atoms with van der Waals surface area (Å²) in [5.41, 5.74) is -2.39. The highest BCUT2D eigenvalue weighted by molar-refractivity contribution is 7.91. The number of fused-ring (bicyclic) bond motifs is 5. The van der Waals surface area contributed by atoms with E-state index in [-0.39, 0.29) is 24.9 Å². The molecule has 1 aromatic heterocycles. The number of ether oxygens (including phenoxy) is 2. The number of allylic oxidation sites excluding steroid dienone is 1. The van der Waals surface area contributed by atoms with Gasteiger partial charge in [0.15, 0.2) is 0 Å². The molecule has 286 valence electrons. The molecule has 7 rings (SSSR count). The summed E-state index contributed by atoms with van der Waals surface area (Å²) in [6.45, 7) is 6.75. The van der Waals surface area contributed by atoms with Gasteiger partial charge in [-0.25, -0.2) is 22.6 Å². The standard InChI is InChI=1S/C38H48FN5O8S/c1-35(2,3)52-34(48)41-27-14-9-7-5-6-8-11-23-19-38(23,33(47)43-53(49,50)36(4)17-18-36)42-31(45)28-20-37(22-44(28)32(27)46)16-15-24-25-12-10-13-26(39)30(25)40-21-29(24)51-37/h8,10-13,21,23,27-28H,5-7,9,14-20,22H2,1-4H3,(H,41,48)(H,42,45)(H,43,47)/b11-8-/t23-,27-,28-,37+,38+/m0/s1. The van der Waals surface area contributed by atoms with Crippen LogP contribution < -0.4 is 20.1 Å². The lowest BCUT2D eigenvalue weighted by Crippen LogP contribution is -2.58. The second kappa shape index (κ2) is 13.2. The molecule has 1 aromatic carbocycles. The highest BCUT2D eigenvalue weighted by atomic mass is 32.2. The summed E-state index contributed by atoms with van der Waals surface area (Å²) in [5.74, 6) is -2.40. The summed E-state index contributed by atoms with van der Waals surface area (Å²) >= 11 is 0. The zero-order valence-corrected chi connectivity index (χ0v) is 31.4. The second-order valence-electron chi connectivity index (χ2n) is 16.6. The Morgan fingerprint density at radius 3 is 2.62 bits per heavy atom. The minimum absolute atomic E-state index is 0.00763. The zero-order chi connectivity index (χ0) is 38.0.